The van der Waals surface area contributed by atoms with E-state index in [0.29, 0.717) is 33.1 Å². The van der Waals surface area contributed by atoms with E-state index in [1.807, 2.05) is 13.0 Å². The standard InChI is InChI=1S/C20H19ClN2O3S/c1-12-6-7-13(21)8-16(12)23-19(25)11-27-10-14-9-17(24)15-4-3-5-18(26-2)20(15)22-14/h3-9H,10-11H2,1-2H3,(H,22,24)(H,23,25). The third-order valence-electron chi connectivity index (χ3n) is 4.07. The minimum Gasteiger partial charge on any atom is -0.495 e. The number of aromatic nitrogens is 1. The predicted molar refractivity (Wildman–Crippen MR) is 112 cm³/mol. The number of carbonyl (C=O) groups is 1. The Morgan fingerprint density at radius 1 is 1.26 bits per heavy atom. The molecule has 0 radical (unpaired) electrons. The topological polar surface area (TPSA) is 71.2 Å². The summed E-state index contributed by atoms with van der Waals surface area (Å²) in [5, 5.41) is 4.02. The van der Waals surface area contributed by atoms with Gasteiger partial charge in [-0.05, 0) is 36.8 Å². The minimum atomic E-state index is -0.119. The molecule has 0 saturated heterocycles. The molecule has 7 heteroatoms. The van der Waals surface area contributed by atoms with Crippen LogP contribution >= 0.6 is 23.4 Å². The van der Waals surface area contributed by atoms with Crippen molar-refractivity contribution in [3.8, 4) is 5.75 Å². The second-order valence-corrected chi connectivity index (χ2v) is 7.46. The summed E-state index contributed by atoms with van der Waals surface area (Å²) in [7, 11) is 1.57. The van der Waals surface area contributed by atoms with Gasteiger partial charge in [0.15, 0.2) is 5.43 Å². The normalized spacial score (nSPS) is 10.8. The summed E-state index contributed by atoms with van der Waals surface area (Å²) in [5.74, 6) is 1.26. The molecule has 5 nitrogen and oxygen atoms in total. The highest BCUT2D eigenvalue weighted by atomic mass is 35.5. The molecule has 0 atom stereocenters. The molecule has 27 heavy (non-hydrogen) atoms. The quantitative estimate of drug-likeness (QED) is 0.642. The Bertz CT molecular complexity index is 1050. The van der Waals surface area contributed by atoms with Gasteiger partial charge in [-0.2, -0.15) is 0 Å². The molecule has 0 aliphatic carbocycles. The monoisotopic (exact) mass is 402 g/mol. The van der Waals surface area contributed by atoms with Gasteiger partial charge in [0.25, 0.3) is 0 Å². The van der Waals surface area contributed by atoms with Crippen molar-refractivity contribution in [2.75, 3.05) is 18.2 Å². The number of pyridine rings is 1. The number of thioether (sulfide) groups is 1. The molecule has 0 aliphatic rings. The summed E-state index contributed by atoms with van der Waals surface area (Å²) < 4.78 is 5.32. The molecule has 140 valence electrons. The molecule has 0 fully saturated rings. The zero-order valence-electron chi connectivity index (χ0n) is 15.0. The van der Waals surface area contributed by atoms with Gasteiger partial charge in [0.1, 0.15) is 5.75 Å². The third-order valence-corrected chi connectivity index (χ3v) is 5.28. The molecule has 0 spiro atoms. The van der Waals surface area contributed by atoms with Crippen LogP contribution in [-0.4, -0.2) is 23.8 Å². The maximum atomic E-state index is 12.3. The molecule has 1 heterocycles. The number of hydrogen-bond acceptors (Lipinski definition) is 4. The van der Waals surface area contributed by atoms with E-state index in [2.05, 4.69) is 10.3 Å². The predicted octanol–water partition coefficient (Wildman–Crippen LogP) is 4.37. The molecule has 2 N–H and O–H groups in total. The van der Waals surface area contributed by atoms with E-state index in [0.717, 1.165) is 11.3 Å². The fourth-order valence-electron chi connectivity index (χ4n) is 2.71. The molecule has 0 aliphatic heterocycles. The first-order valence-electron chi connectivity index (χ1n) is 8.30. The lowest BCUT2D eigenvalue weighted by molar-refractivity contribution is -0.113. The average molecular weight is 403 g/mol. The number of fused-ring (bicyclic) bond motifs is 1. The van der Waals surface area contributed by atoms with Crippen molar-refractivity contribution in [2.24, 2.45) is 0 Å². The van der Waals surface area contributed by atoms with Crippen LogP contribution in [0.4, 0.5) is 5.69 Å². The van der Waals surface area contributed by atoms with Crippen LogP contribution in [-0.2, 0) is 10.5 Å². The summed E-state index contributed by atoms with van der Waals surface area (Å²) in [6.45, 7) is 1.91. The Morgan fingerprint density at radius 3 is 2.85 bits per heavy atom. The van der Waals surface area contributed by atoms with Crippen LogP contribution in [0.15, 0.2) is 47.3 Å². The van der Waals surface area contributed by atoms with E-state index >= 15 is 0 Å². The highest BCUT2D eigenvalue weighted by Crippen LogP contribution is 2.23. The first-order valence-corrected chi connectivity index (χ1v) is 9.84. The summed E-state index contributed by atoms with van der Waals surface area (Å²) in [5.41, 5.74) is 2.99. The molecular formula is C20H19ClN2O3S. The number of carbonyl (C=O) groups excluding carboxylic acids is 1. The number of benzene rings is 2. The average Bonchev–Trinajstić information content (AvgIpc) is 2.64. The lowest BCUT2D eigenvalue weighted by Crippen LogP contribution is -2.15. The number of halogens is 1. The van der Waals surface area contributed by atoms with Crippen molar-refractivity contribution < 1.29 is 9.53 Å². The zero-order chi connectivity index (χ0) is 19.4. The van der Waals surface area contributed by atoms with Gasteiger partial charge in [-0.3, -0.25) is 9.59 Å². The van der Waals surface area contributed by atoms with Crippen LogP contribution in [0.2, 0.25) is 5.02 Å². The molecule has 0 saturated carbocycles. The fourth-order valence-corrected chi connectivity index (χ4v) is 3.62. The van der Waals surface area contributed by atoms with E-state index in [1.165, 1.54) is 11.8 Å². The number of hydrogen-bond donors (Lipinski definition) is 2. The van der Waals surface area contributed by atoms with Crippen LogP contribution in [0, 0.1) is 6.92 Å². The number of amides is 1. The highest BCUT2D eigenvalue weighted by Gasteiger charge is 2.09. The smallest absolute Gasteiger partial charge is 0.234 e. The van der Waals surface area contributed by atoms with Crippen molar-refractivity contribution in [1.82, 2.24) is 4.98 Å². The number of para-hydroxylation sites is 1. The number of aromatic amines is 1. The Balaban J connectivity index is 1.66. The molecule has 3 aromatic rings. The number of ether oxygens (including phenoxy) is 1. The lowest BCUT2D eigenvalue weighted by Gasteiger charge is -2.10. The van der Waals surface area contributed by atoms with E-state index in [4.69, 9.17) is 16.3 Å². The van der Waals surface area contributed by atoms with Crippen molar-refractivity contribution in [3.63, 3.8) is 0 Å². The maximum absolute atomic E-state index is 12.3. The first kappa shape index (κ1) is 19.3. The molecule has 0 unspecified atom stereocenters. The molecule has 2 aromatic carbocycles. The van der Waals surface area contributed by atoms with Crippen LogP contribution in [0.25, 0.3) is 10.9 Å². The van der Waals surface area contributed by atoms with E-state index in [-0.39, 0.29) is 17.1 Å². The second kappa shape index (κ2) is 8.50. The van der Waals surface area contributed by atoms with Crippen LogP contribution in [0.3, 0.4) is 0 Å². The molecule has 3 rings (SSSR count). The summed E-state index contributed by atoms with van der Waals surface area (Å²) in [4.78, 5) is 27.7. The van der Waals surface area contributed by atoms with Crippen molar-refractivity contribution in [2.45, 2.75) is 12.7 Å². The highest BCUT2D eigenvalue weighted by molar-refractivity contribution is 7.99. The van der Waals surface area contributed by atoms with Gasteiger partial charge < -0.3 is 15.0 Å². The second-order valence-electron chi connectivity index (χ2n) is 6.04. The number of aryl methyl sites for hydroxylation is 1. The molecule has 1 amide bonds. The van der Waals surface area contributed by atoms with Crippen molar-refractivity contribution in [3.05, 3.63) is 69.0 Å². The largest absolute Gasteiger partial charge is 0.495 e. The summed E-state index contributed by atoms with van der Waals surface area (Å²) >= 11 is 7.39. The van der Waals surface area contributed by atoms with Crippen LogP contribution in [0.1, 0.15) is 11.3 Å². The Morgan fingerprint density at radius 2 is 2.07 bits per heavy atom. The van der Waals surface area contributed by atoms with Crippen LogP contribution < -0.4 is 15.5 Å². The number of nitrogens with one attached hydrogen (secondary N) is 2. The minimum absolute atomic E-state index is 0.0720. The maximum Gasteiger partial charge on any atom is 0.234 e. The zero-order valence-corrected chi connectivity index (χ0v) is 16.5. The van der Waals surface area contributed by atoms with Gasteiger partial charge in [0.2, 0.25) is 5.91 Å². The number of anilines is 1. The summed E-state index contributed by atoms with van der Waals surface area (Å²) in [6, 6.07) is 12.3. The van der Waals surface area contributed by atoms with Gasteiger partial charge in [-0.1, -0.05) is 23.7 Å². The van der Waals surface area contributed by atoms with Crippen molar-refractivity contribution in [1.29, 1.82) is 0 Å². The van der Waals surface area contributed by atoms with Crippen LogP contribution in [0.5, 0.6) is 5.75 Å². The Hall–Kier alpha value is -2.44. The summed E-state index contributed by atoms with van der Waals surface area (Å²) in [6.07, 6.45) is 0. The Labute approximate surface area is 166 Å². The van der Waals surface area contributed by atoms with Gasteiger partial charge >= 0.3 is 0 Å². The first-order chi connectivity index (χ1) is 13.0. The molecule has 1 aromatic heterocycles. The van der Waals surface area contributed by atoms with E-state index in [9.17, 15) is 9.59 Å². The molecule has 0 bridgehead atoms. The number of methoxy groups -OCH3 is 1. The van der Waals surface area contributed by atoms with E-state index < -0.39 is 0 Å². The lowest BCUT2D eigenvalue weighted by atomic mass is 10.2. The molecular weight excluding hydrogens is 384 g/mol. The van der Waals surface area contributed by atoms with Gasteiger partial charge in [0, 0.05) is 33.6 Å². The Kier molecular flexibility index (Phi) is 6.08. The number of H-pyrrole nitrogens is 1. The van der Waals surface area contributed by atoms with Gasteiger partial charge in [-0.25, -0.2) is 0 Å². The SMILES string of the molecule is COc1cccc2c(=O)cc(CSCC(=O)Nc3cc(Cl)ccc3C)[nH]c12. The third kappa shape index (κ3) is 4.64. The number of rotatable bonds is 6. The van der Waals surface area contributed by atoms with Crippen molar-refractivity contribution >= 4 is 45.9 Å². The fraction of sp³-hybridized carbons (Fsp3) is 0.200. The van der Waals surface area contributed by atoms with Gasteiger partial charge in [-0.15, -0.1) is 11.8 Å². The van der Waals surface area contributed by atoms with E-state index in [1.54, 1.807) is 43.5 Å². The van der Waals surface area contributed by atoms with Gasteiger partial charge in [0.05, 0.1) is 18.4 Å².